The molecule has 1 aliphatic heterocycles. The Morgan fingerprint density at radius 2 is 1.61 bits per heavy atom. The quantitative estimate of drug-likeness (QED) is 0.722. The fourth-order valence-corrected chi connectivity index (χ4v) is 3.45. The van der Waals surface area contributed by atoms with Crippen molar-refractivity contribution in [2.24, 2.45) is 11.7 Å². The summed E-state index contributed by atoms with van der Waals surface area (Å²) in [5, 5.41) is 3.06. The van der Waals surface area contributed by atoms with Crippen LogP contribution in [0.5, 0.6) is 0 Å². The highest BCUT2D eigenvalue weighted by Gasteiger charge is 2.33. The van der Waals surface area contributed by atoms with Gasteiger partial charge in [0.15, 0.2) is 0 Å². The molecule has 3 N–H and O–H groups in total. The van der Waals surface area contributed by atoms with Crippen LogP contribution in [0.3, 0.4) is 0 Å². The number of amides is 2. The first-order chi connectivity index (χ1) is 12.5. The largest absolute Gasteiger partial charge is 0.352 e. The molecule has 3 unspecified atom stereocenters. The topological polar surface area (TPSA) is 78.7 Å². The highest BCUT2D eigenvalue weighted by atomic mass is 35.5. The van der Waals surface area contributed by atoms with E-state index in [0.29, 0.717) is 19.1 Å². The third kappa shape index (κ3) is 6.08. The predicted molar refractivity (Wildman–Crippen MR) is 116 cm³/mol. The molecule has 2 amide bonds. The van der Waals surface area contributed by atoms with Crippen LogP contribution in [0, 0.1) is 5.92 Å². The summed E-state index contributed by atoms with van der Waals surface area (Å²) in [5.74, 6) is -0.0672. The third-order valence-corrected chi connectivity index (χ3v) is 5.59. The molecule has 0 radical (unpaired) electrons. The monoisotopic (exact) mass is 430 g/mol. The van der Waals surface area contributed by atoms with Crippen LogP contribution in [-0.2, 0) is 9.59 Å². The second kappa shape index (κ2) is 11.0. The maximum atomic E-state index is 12.8. The summed E-state index contributed by atoms with van der Waals surface area (Å²) in [6.07, 6.45) is 2.20. The van der Waals surface area contributed by atoms with E-state index in [2.05, 4.69) is 10.2 Å². The van der Waals surface area contributed by atoms with Gasteiger partial charge in [-0.05, 0) is 25.3 Å². The lowest BCUT2D eigenvalue weighted by atomic mass is 9.94. The number of piperazine rings is 1. The Labute approximate surface area is 180 Å². The first-order valence-corrected chi connectivity index (χ1v) is 9.61. The number of nitrogens with zero attached hydrogens (tertiary/aromatic N) is 2. The van der Waals surface area contributed by atoms with Crippen LogP contribution in [0.4, 0.5) is 0 Å². The summed E-state index contributed by atoms with van der Waals surface area (Å²) in [6, 6.07) is 9.70. The molecule has 1 saturated carbocycles. The summed E-state index contributed by atoms with van der Waals surface area (Å²) in [6.45, 7) is 6.58. The van der Waals surface area contributed by atoms with E-state index in [1.165, 1.54) is 0 Å². The number of hydrogen-bond donors (Lipinski definition) is 2. The second-order valence-electron chi connectivity index (χ2n) is 7.55. The average Bonchev–Trinajstić information content (AvgIpc) is 3.50. The summed E-state index contributed by atoms with van der Waals surface area (Å²) in [5.41, 5.74) is 7.29. The number of halogens is 2. The van der Waals surface area contributed by atoms with Gasteiger partial charge in [-0.3, -0.25) is 14.5 Å². The van der Waals surface area contributed by atoms with Gasteiger partial charge in [0.05, 0.1) is 12.0 Å². The number of rotatable bonds is 6. The van der Waals surface area contributed by atoms with Crippen LogP contribution in [0.15, 0.2) is 30.3 Å². The minimum Gasteiger partial charge on any atom is -0.352 e. The number of benzene rings is 1. The van der Waals surface area contributed by atoms with Crippen molar-refractivity contribution >= 4 is 36.6 Å². The van der Waals surface area contributed by atoms with E-state index in [1.54, 1.807) is 0 Å². The Morgan fingerprint density at radius 3 is 2.14 bits per heavy atom. The summed E-state index contributed by atoms with van der Waals surface area (Å²) >= 11 is 0. The molecule has 2 aliphatic rings. The van der Waals surface area contributed by atoms with Crippen LogP contribution < -0.4 is 11.1 Å². The highest BCUT2D eigenvalue weighted by molar-refractivity contribution is 5.85. The van der Waals surface area contributed by atoms with Crippen LogP contribution in [0.1, 0.15) is 38.3 Å². The van der Waals surface area contributed by atoms with Crippen molar-refractivity contribution in [2.45, 2.75) is 44.8 Å². The van der Waals surface area contributed by atoms with E-state index in [9.17, 15) is 9.59 Å². The lowest BCUT2D eigenvalue weighted by Gasteiger charge is -2.39. The normalized spacial score (nSPS) is 20.2. The van der Waals surface area contributed by atoms with Crippen molar-refractivity contribution in [1.29, 1.82) is 0 Å². The van der Waals surface area contributed by atoms with Crippen molar-refractivity contribution in [2.75, 3.05) is 26.2 Å². The second-order valence-corrected chi connectivity index (χ2v) is 7.55. The Balaban J connectivity index is 0.00000196. The van der Waals surface area contributed by atoms with Crippen molar-refractivity contribution < 1.29 is 9.59 Å². The molecule has 3 rings (SSSR count). The van der Waals surface area contributed by atoms with Crippen LogP contribution in [0.25, 0.3) is 0 Å². The van der Waals surface area contributed by atoms with Gasteiger partial charge in [-0.25, -0.2) is 0 Å². The van der Waals surface area contributed by atoms with Crippen molar-refractivity contribution in [1.82, 2.24) is 15.1 Å². The third-order valence-electron chi connectivity index (χ3n) is 5.59. The van der Waals surface area contributed by atoms with Crippen molar-refractivity contribution in [3.05, 3.63) is 35.9 Å². The first-order valence-electron chi connectivity index (χ1n) is 9.61. The number of nitrogens with two attached hydrogens (primary N) is 1. The summed E-state index contributed by atoms with van der Waals surface area (Å²) in [7, 11) is 0. The van der Waals surface area contributed by atoms with E-state index in [4.69, 9.17) is 5.73 Å². The number of nitrogens with one attached hydrogen (secondary N) is 1. The molecule has 0 aromatic heterocycles. The Kier molecular flexibility index (Phi) is 9.70. The van der Waals surface area contributed by atoms with Gasteiger partial charge >= 0.3 is 0 Å². The van der Waals surface area contributed by atoms with Crippen LogP contribution in [-0.4, -0.2) is 59.9 Å². The maximum absolute atomic E-state index is 12.8. The Hall–Kier alpha value is -1.34. The molecule has 6 nitrogen and oxygen atoms in total. The van der Waals surface area contributed by atoms with Gasteiger partial charge in [0.25, 0.3) is 0 Å². The van der Waals surface area contributed by atoms with Crippen molar-refractivity contribution in [3.8, 4) is 0 Å². The number of carbonyl (C=O) groups is 2. The number of hydrogen-bond acceptors (Lipinski definition) is 4. The molecule has 158 valence electrons. The molecular formula is C20H32Cl2N4O2. The molecule has 3 atom stereocenters. The molecule has 1 heterocycles. The lowest BCUT2D eigenvalue weighted by molar-refractivity contribution is -0.138. The van der Waals surface area contributed by atoms with E-state index in [1.807, 2.05) is 49.1 Å². The maximum Gasteiger partial charge on any atom is 0.237 e. The van der Waals surface area contributed by atoms with Gasteiger partial charge in [-0.15, -0.1) is 24.8 Å². The Morgan fingerprint density at radius 1 is 1.04 bits per heavy atom. The van der Waals surface area contributed by atoms with Crippen molar-refractivity contribution in [3.63, 3.8) is 0 Å². The molecule has 0 bridgehead atoms. The van der Waals surface area contributed by atoms with Crippen LogP contribution in [0.2, 0.25) is 0 Å². The molecule has 28 heavy (non-hydrogen) atoms. The zero-order valence-corrected chi connectivity index (χ0v) is 18.2. The van der Waals surface area contributed by atoms with E-state index >= 15 is 0 Å². The highest BCUT2D eigenvalue weighted by Crippen LogP contribution is 2.22. The summed E-state index contributed by atoms with van der Waals surface area (Å²) in [4.78, 5) is 29.1. The molecule has 8 heteroatoms. The summed E-state index contributed by atoms with van der Waals surface area (Å²) < 4.78 is 0. The molecular weight excluding hydrogens is 399 g/mol. The van der Waals surface area contributed by atoms with Gasteiger partial charge in [0, 0.05) is 38.3 Å². The molecule has 2 fully saturated rings. The van der Waals surface area contributed by atoms with E-state index in [0.717, 1.165) is 31.5 Å². The smallest absolute Gasteiger partial charge is 0.237 e. The zero-order valence-electron chi connectivity index (χ0n) is 16.5. The number of carbonyl (C=O) groups excluding carboxylic acids is 2. The predicted octanol–water partition coefficient (Wildman–Crippen LogP) is 1.98. The molecule has 1 aliphatic carbocycles. The van der Waals surface area contributed by atoms with E-state index < -0.39 is 0 Å². The van der Waals surface area contributed by atoms with Crippen LogP contribution >= 0.6 is 24.8 Å². The van der Waals surface area contributed by atoms with Gasteiger partial charge < -0.3 is 16.0 Å². The fraction of sp³-hybridized carbons (Fsp3) is 0.600. The molecule has 1 saturated heterocycles. The van der Waals surface area contributed by atoms with E-state index in [-0.39, 0.29) is 54.6 Å². The Bertz CT molecular complexity index is 634. The van der Waals surface area contributed by atoms with Gasteiger partial charge in [0.2, 0.25) is 11.8 Å². The van der Waals surface area contributed by atoms with Gasteiger partial charge in [-0.2, -0.15) is 0 Å². The fourth-order valence-electron chi connectivity index (χ4n) is 3.45. The lowest BCUT2D eigenvalue weighted by Crippen LogP contribution is -2.56. The molecule has 1 aromatic carbocycles. The molecule has 0 spiro atoms. The molecule has 1 aromatic rings. The first kappa shape index (κ1) is 24.7. The minimum atomic E-state index is -0.301. The standard InChI is InChI=1S/C20H30N4O2.2ClH/c1-14(18(21)16-6-4-3-5-7-16)20(26)24-12-10-23(11-13-24)15(2)19(25)22-17-8-9-17;;/h3-7,14-15,17-18H,8-13,21H2,1-2H3,(H,22,25);2*1H. The minimum absolute atomic E-state index is 0. The van der Waals surface area contributed by atoms with Gasteiger partial charge in [0.1, 0.15) is 0 Å². The zero-order chi connectivity index (χ0) is 18.7. The SMILES string of the molecule is CC(C(=O)N1CCN(C(C)C(=O)NC2CC2)CC1)C(N)c1ccccc1.Cl.Cl. The average molecular weight is 431 g/mol. The van der Waals surface area contributed by atoms with Gasteiger partial charge in [-0.1, -0.05) is 37.3 Å².